The first-order valence-electron chi connectivity index (χ1n) is 12.2. The minimum Gasteiger partial charge on any atom is -0.352 e. The van der Waals surface area contributed by atoms with Crippen LogP contribution in [-0.4, -0.2) is 28.8 Å². The van der Waals surface area contributed by atoms with Crippen LogP contribution in [0.2, 0.25) is 15.1 Å². The molecule has 2 amide bonds. The minimum absolute atomic E-state index is 0.139. The number of nitrogens with one attached hydrogen (secondary N) is 1. The van der Waals surface area contributed by atoms with E-state index >= 15 is 0 Å². The van der Waals surface area contributed by atoms with E-state index in [2.05, 4.69) is 5.32 Å². The highest BCUT2D eigenvalue weighted by Gasteiger charge is 2.32. The minimum atomic E-state index is -0.695. The van der Waals surface area contributed by atoms with Gasteiger partial charge in [0.05, 0.1) is 6.42 Å². The van der Waals surface area contributed by atoms with Crippen LogP contribution in [0.15, 0.2) is 72.8 Å². The Bertz CT molecular complexity index is 1180. The van der Waals surface area contributed by atoms with Gasteiger partial charge >= 0.3 is 0 Å². The van der Waals surface area contributed by atoms with E-state index in [-0.39, 0.29) is 30.8 Å². The van der Waals surface area contributed by atoms with Gasteiger partial charge in [0.25, 0.3) is 0 Å². The maximum atomic E-state index is 13.8. The van der Waals surface area contributed by atoms with E-state index in [1.54, 1.807) is 29.2 Å². The molecule has 7 heteroatoms. The molecule has 0 aromatic heterocycles. The standard InChI is InChI=1S/C29H29Cl3N2O2/c30-23-13-10-21(11-14-23)17-28(35)34(19-22-12-15-24(31)18-26(22)32)27(16-20-6-2-1-3-7-20)29(36)33-25-8-4-5-9-25/h1-3,6-7,10-15,18,25,27H,4-5,8-9,16-17,19H2,(H,33,36)/t27-/m1/s1. The van der Waals surface area contributed by atoms with Crippen LogP contribution >= 0.6 is 34.8 Å². The molecule has 3 aromatic rings. The molecule has 36 heavy (non-hydrogen) atoms. The number of halogens is 3. The van der Waals surface area contributed by atoms with Gasteiger partial charge in [-0.25, -0.2) is 0 Å². The van der Waals surface area contributed by atoms with Gasteiger partial charge in [-0.1, -0.05) is 96.2 Å². The molecule has 4 nitrogen and oxygen atoms in total. The lowest BCUT2D eigenvalue weighted by Gasteiger charge is -2.32. The third kappa shape index (κ3) is 7.25. The molecule has 0 heterocycles. The highest BCUT2D eigenvalue weighted by molar-refractivity contribution is 6.35. The van der Waals surface area contributed by atoms with Crippen molar-refractivity contribution in [3.63, 3.8) is 0 Å². The van der Waals surface area contributed by atoms with Crippen molar-refractivity contribution in [3.8, 4) is 0 Å². The summed E-state index contributed by atoms with van der Waals surface area (Å²) in [5.74, 6) is -0.300. The average Bonchev–Trinajstić information content (AvgIpc) is 3.37. The van der Waals surface area contributed by atoms with Gasteiger partial charge < -0.3 is 10.2 Å². The SMILES string of the molecule is O=C(NC1CCCC1)[C@@H](Cc1ccccc1)N(Cc1ccc(Cl)cc1Cl)C(=O)Cc1ccc(Cl)cc1. The highest BCUT2D eigenvalue weighted by Crippen LogP contribution is 2.25. The van der Waals surface area contributed by atoms with Gasteiger partial charge in [0.1, 0.15) is 6.04 Å². The van der Waals surface area contributed by atoms with Gasteiger partial charge in [0.2, 0.25) is 11.8 Å². The van der Waals surface area contributed by atoms with Crippen molar-refractivity contribution in [1.82, 2.24) is 10.2 Å². The van der Waals surface area contributed by atoms with Crippen LogP contribution in [-0.2, 0) is 29.0 Å². The first kappa shape index (κ1) is 26.5. The number of carbonyl (C=O) groups is 2. The van der Waals surface area contributed by atoms with E-state index < -0.39 is 6.04 Å². The lowest BCUT2D eigenvalue weighted by molar-refractivity contribution is -0.141. The zero-order chi connectivity index (χ0) is 25.5. The van der Waals surface area contributed by atoms with Crippen molar-refractivity contribution >= 4 is 46.6 Å². The topological polar surface area (TPSA) is 49.4 Å². The number of carbonyl (C=O) groups excluding carboxylic acids is 2. The number of amides is 2. The smallest absolute Gasteiger partial charge is 0.243 e. The van der Waals surface area contributed by atoms with Gasteiger partial charge in [-0.15, -0.1) is 0 Å². The van der Waals surface area contributed by atoms with Crippen LogP contribution in [0.3, 0.4) is 0 Å². The van der Waals surface area contributed by atoms with Crippen LogP contribution in [0.25, 0.3) is 0 Å². The highest BCUT2D eigenvalue weighted by atomic mass is 35.5. The molecule has 0 saturated heterocycles. The second kappa shape index (κ2) is 12.6. The average molecular weight is 544 g/mol. The number of hydrogen-bond donors (Lipinski definition) is 1. The van der Waals surface area contributed by atoms with Crippen LogP contribution in [0.5, 0.6) is 0 Å². The van der Waals surface area contributed by atoms with Crippen molar-refractivity contribution in [2.75, 3.05) is 0 Å². The molecular weight excluding hydrogens is 515 g/mol. The summed E-state index contributed by atoms with van der Waals surface area (Å²) in [5.41, 5.74) is 2.54. The fourth-order valence-corrected chi connectivity index (χ4v) is 5.23. The van der Waals surface area contributed by atoms with Crippen molar-refractivity contribution in [3.05, 3.63) is 105 Å². The van der Waals surface area contributed by atoms with E-state index in [0.717, 1.165) is 42.4 Å². The Hall–Kier alpha value is -2.53. The summed E-state index contributed by atoms with van der Waals surface area (Å²) < 4.78 is 0. The third-order valence-electron chi connectivity index (χ3n) is 6.60. The van der Waals surface area contributed by atoms with E-state index in [1.807, 2.05) is 48.5 Å². The number of hydrogen-bond acceptors (Lipinski definition) is 2. The number of rotatable bonds is 9. The van der Waals surface area contributed by atoms with Crippen molar-refractivity contribution in [1.29, 1.82) is 0 Å². The van der Waals surface area contributed by atoms with Gasteiger partial charge in [-0.3, -0.25) is 9.59 Å². The van der Waals surface area contributed by atoms with Crippen LogP contribution in [0, 0.1) is 0 Å². The lowest BCUT2D eigenvalue weighted by atomic mass is 10.0. The molecule has 188 valence electrons. The first-order chi connectivity index (χ1) is 17.4. The number of nitrogens with zero attached hydrogens (tertiary/aromatic N) is 1. The Kier molecular flexibility index (Phi) is 9.30. The van der Waals surface area contributed by atoms with Gasteiger partial charge in [-0.05, 0) is 53.8 Å². The number of benzene rings is 3. The second-order valence-corrected chi connectivity index (χ2v) is 10.5. The molecule has 1 N–H and O–H groups in total. The van der Waals surface area contributed by atoms with E-state index in [4.69, 9.17) is 34.8 Å². The molecule has 0 unspecified atom stereocenters. The summed E-state index contributed by atoms with van der Waals surface area (Å²) in [5, 5.41) is 4.79. The summed E-state index contributed by atoms with van der Waals surface area (Å²) in [6.07, 6.45) is 4.68. The molecule has 0 radical (unpaired) electrons. The van der Waals surface area contributed by atoms with Crippen LogP contribution in [0.4, 0.5) is 0 Å². The predicted molar refractivity (Wildman–Crippen MR) is 147 cm³/mol. The summed E-state index contributed by atoms with van der Waals surface area (Å²) in [4.78, 5) is 29.2. The van der Waals surface area contributed by atoms with Gasteiger partial charge in [0, 0.05) is 34.1 Å². The Morgan fingerprint density at radius 1 is 0.861 bits per heavy atom. The van der Waals surface area contributed by atoms with Crippen molar-refractivity contribution in [2.45, 2.75) is 57.2 Å². The second-order valence-electron chi connectivity index (χ2n) is 9.26. The van der Waals surface area contributed by atoms with Crippen molar-refractivity contribution < 1.29 is 9.59 Å². The summed E-state index contributed by atoms with van der Waals surface area (Å²) >= 11 is 18.6. The predicted octanol–water partition coefficient (Wildman–Crippen LogP) is 6.89. The normalized spacial score (nSPS) is 14.4. The van der Waals surface area contributed by atoms with Crippen LogP contribution in [0.1, 0.15) is 42.4 Å². The van der Waals surface area contributed by atoms with Crippen LogP contribution < -0.4 is 5.32 Å². The molecule has 4 rings (SSSR count). The monoisotopic (exact) mass is 542 g/mol. The Morgan fingerprint density at radius 3 is 2.19 bits per heavy atom. The summed E-state index contributed by atoms with van der Waals surface area (Å²) in [6.45, 7) is 0.192. The Morgan fingerprint density at radius 2 is 1.53 bits per heavy atom. The maximum absolute atomic E-state index is 13.8. The Balaban J connectivity index is 1.67. The lowest BCUT2D eigenvalue weighted by Crippen LogP contribution is -2.52. The molecule has 0 spiro atoms. The molecule has 1 saturated carbocycles. The summed E-state index contributed by atoms with van der Waals surface area (Å²) in [6, 6.07) is 21.6. The van der Waals surface area contributed by atoms with E-state index in [0.29, 0.717) is 21.5 Å². The zero-order valence-electron chi connectivity index (χ0n) is 19.9. The zero-order valence-corrected chi connectivity index (χ0v) is 22.2. The summed E-state index contributed by atoms with van der Waals surface area (Å²) in [7, 11) is 0. The van der Waals surface area contributed by atoms with E-state index in [9.17, 15) is 9.59 Å². The molecule has 1 fully saturated rings. The van der Waals surface area contributed by atoms with Gasteiger partial charge in [0.15, 0.2) is 0 Å². The van der Waals surface area contributed by atoms with Crippen molar-refractivity contribution in [2.24, 2.45) is 0 Å². The Labute approximate surface area is 227 Å². The molecular formula is C29H29Cl3N2O2. The molecule has 0 bridgehead atoms. The largest absolute Gasteiger partial charge is 0.352 e. The van der Waals surface area contributed by atoms with Gasteiger partial charge in [-0.2, -0.15) is 0 Å². The maximum Gasteiger partial charge on any atom is 0.243 e. The fourth-order valence-electron chi connectivity index (χ4n) is 4.63. The molecule has 3 aromatic carbocycles. The quantitative estimate of drug-likeness (QED) is 0.319. The third-order valence-corrected chi connectivity index (χ3v) is 7.44. The fraction of sp³-hybridized carbons (Fsp3) is 0.310. The molecule has 1 atom stereocenters. The molecule has 1 aliphatic rings. The molecule has 0 aliphatic heterocycles. The molecule has 1 aliphatic carbocycles. The van der Waals surface area contributed by atoms with E-state index in [1.165, 1.54) is 0 Å². The first-order valence-corrected chi connectivity index (χ1v) is 13.3.